The summed E-state index contributed by atoms with van der Waals surface area (Å²) in [6.45, 7) is 1.89. The van der Waals surface area contributed by atoms with Crippen LogP contribution in [-0.2, 0) is 16.0 Å². The second-order valence-electron chi connectivity index (χ2n) is 7.85. The molecular weight excluding hydrogens is 396 g/mol. The lowest BCUT2D eigenvalue weighted by atomic mass is 9.99. The molecule has 0 aromatic heterocycles. The van der Waals surface area contributed by atoms with Gasteiger partial charge in [0.15, 0.2) is 5.78 Å². The number of nitrogens with zero attached hydrogens (tertiary/aromatic N) is 1. The number of benzene rings is 2. The number of hydrogen-bond acceptors (Lipinski definition) is 4. The Bertz CT molecular complexity index is 1010. The molecule has 2 aromatic rings. The Labute approximate surface area is 180 Å². The predicted molar refractivity (Wildman–Crippen MR) is 115 cm³/mol. The van der Waals surface area contributed by atoms with Crippen molar-refractivity contribution in [3.8, 4) is 0 Å². The molecule has 2 aliphatic rings. The maximum atomic E-state index is 12.9. The monoisotopic (exact) mass is 420 g/mol. The average Bonchev–Trinajstić information content (AvgIpc) is 3.17. The molecular formula is C23H24N4O4. The van der Waals surface area contributed by atoms with Crippen molar-refractivity contribution in [2.75, 3.05) is 11.9 Å². The Morgan fingerprint density at radius 3 is 2.45 bits per heavy atom. The summed E-state index contributed by atoms with van der Waals surface area (Å²) in [5.41, 5.74) is 2.06. The van der Waals surface area contributed by atoms with Gasteiger partial charge in [0, 0.05) is 24.2 Å². The Kier molecular flexibility index (Phi) is 5.70. The number of hydrogen-bond donors (Lipinski definition) is 3. The molecule has 4 rings (SSSR count). The molecule has 3 atom stereocenters. The smallest absolute Gasteiger partial charge is 0.319 e. The van der Waals surface area contributed by atoms with Crippen LogP contribution in [0.1, 0.15) is 29.3 Å². The molecule has 2 aliphatic heterocycles. The molecule has 8 nitrogen and oxygen atoms in total. The van der Waals surface area contributed by atoms with Gasteiger partial charge in [0.2, 0.25) is 11.8 Å². The second kappa shape index (κ2) is 8.59. The SMILES string of the molecule is CC(=O)c1ccc(NC(=O)NC2CCN3C(=O)C(Cc4ccccc4)NC(=O)C23)cc1. The third-order valence-electron chi connectivity index (χ3n) is 5.71. The van der Waals surface area contributed by atoms with E-state index in [4.69, 9.17) is 0 Å². The summed E-state index contributed by atoms with van der Waals surface area (Å²) >= 11 is 0. The second-order valence-corrected chi connectivity index (χ2v) is 7.85. The Morgan fingerprint density at radius 1 is 1.06 bits per heavy atom. The van der Waals surface area contributed by atoms with E-state index in [1.165, 1.54) is 6.92 Å². The molecule has 3 unspecified atom stereocenters. The van der Waals surface area contributed by atoms with Crippen LogP contribution in [0.4, 0.5) is 10.5 Å². The Morgan fingerprint density at radius 2 is 1.77 bits per heavy atom. The van der Waals surface area contributed by atoms with Gasteiger partial charge in [0.25, 0.3) is 0 Å². The van der Waals surface area contributed by atoms with Crippen LogP contribution in [0.5, 0.6) is 0 Å². The van der Waals surface area contributed by atoms with Crippen molar-refractivity contribution in [1.29, 1.82) is 0 Å². The molecule has 0 bridgehead atoms. The van der Waals surface area contributed by atoms with E-state index in [2.05, 4.69) is 16.0 Å². The molecule has 2 heterocycles. The van der Waals surface area contributed by atoms with Crippen LogP contribution in [0.15, 0.2) is 54.6 Å². The molecule has 8 heteroatoms. The minimum atomic E-state index is -0.717. The van der Waals surface area contributed by atoms with E-state index in [-0.39, 0.29) is 17.6 Å². The van der Waals surface area contributed by atoms with E-state index in [9.17, 15) is 19.2 Å². The summed E-state index contributed by atoms with van der Waals surface area (Å²) in [4.78, 5) is 51.0. The van der Waals surface area contributed by atoms with E-state index in [0.717, 1.165) is 5.56 Å². The van der Waals surface area contributed by atoms with Gasteiger partial charge in [-0.25, -0.2) is 4.79 Å². The minimum Gasteiger partial charge on any atom is -0.342 e. The summed E-state index contributed by atoms with van der Waals surface area (Å²) in [7, 11) is 0. The maximum absolute atomic E-state index is 12.9. The lowest BCUT2D eigenvalue weighted by Crippen LogP contribution is -2.65. The van der Waals surface area contributed by atoms with Gasteiger partial charge in [-0.2, -0.15) is 0 Å². The van der Waals surface area contributed by atoms with Crippen molar-refractivity contribution in [3.63, 3.8) is 0 Å². The van der Waals surface area contributed by atoms with Gasteiger partial charge >= 0.3 is 6.03 Å². The van der Waals surface area contributed by atoms with Crippen LogP contribution in [0.2, 0.25) is 0 Å². The zero-order valence-electron chi connectivity index (χ0n) is 17.1. The molecule has 4 amide bonds. The normalized spacial score (nSPS) is 22.5. The molecule has 3 N–H and O–H groups in total. The maximum Gasteiger partial charge on any atom is 0.319 e. The Balaban J connectivity index is 1.37. The number of carbonyl (C=O) groups excluding carboxylic acids is 4. The van der Waals surface area contributed by atoms with Crippen LogP contribution in [0.3, 0.4) is 0 Å². The summed E-state index contributed by atoms with van der Waals surface area (Å²) in [5.74, 6) is -0.437. The van der Waals surface area contributed by atoms with Crippen molar-refractivity contribution in [1.82, 2.24) is 15.5 Å². The third-order valence-corrected chi connectivity index (χ3v) is 5.71. The van der Waals surface area contributed by atoms with Crippen LogP contribution in [-0.4, -0.2) is 53.2 Å². The number of amides is 4. The van der Waals surface area contributed by atoms with Gasteiger partial charge in [0.05, 0.1) is 6.04 Å². The minimum absolute atomic E-state index is 0.0550. The van der Waals surface area contributed by atoms with Gasteiger partial charge in [-0.1, -0.05) is 30.3 Å². The number of urea groups is 1. The summed E-state index contributed by atoms with van der Waals surface area (Å²) in [5, 5.41) is 8.33. The number of carbonyl (C=O) groups is 4. The molecule has 160 valence electrons. The largest absolute Gasteiger partial charge is 0.342 e. The fourth-order valence-electron chi connectivity index (χ4n) is 4.15. The van der Waals surface area contributed by atoms with Crippen LogP contribution < -0.4 is 16.0 Å². The zero-order valence-corrected chi connectivity index (χ0v) is 17.1. The summed E-state index contributed by atoms with van der Waals surface area (Å²) in [6, 6.07) is 13.8. The number of piperazine rings is 1. The van der Waals surface area contributed by atoms with Gasteiger partial charge in [0.1, 0.15) is 12.1 Å². The van der Waals surface area contributed by atoms with E-state index in [1.807, 2.05) is 30.3 Å². The van der Waals surface area contributed by atoms with Crippen molar-refractivity contribution in [2.45, 2.75) is 37.9 Å². The highest BCUT2D eigenvalue weighted by Crippen LogP contribution is 2.24. The van der Waals surface area contributed by atoms with E-state index < -0.39 is 24.2 Å². The van der Waals surface area contributed by atoms with E-state index in [0.29, 0.717) is 30.6 Å². The molecule has 2 aromatic carbocycles. The molecule has 0 aliphatic carbocycles. The van der Waals surface area contributed by atoms with Gasteiger partial charge < -0.3 is 20.9 Å². The van der Waals surface area contributed by atoms with Crippen molar-refractivity contribution in [2.24, 2.45) is 0 Å². The Hall–Kier alpha value is -3.68. The van der Waals surface area contributed by atoms with Crippen LogP contribution in [0.25, 0.3) is 0 Å². The highest BCUT2D eigenvalue weighted by atomic mass is 16.2. The van der Waals surface area contributed by atoms with Crippen molar-refractivity contribution < 1.29 is 19.2 Å². The van der Waals surface area contributed by atoms with Gasteiger partial charge in [-0.15, -0.1) is 0 Å². The topological polar surface area (TPSA) is 108 Å². The van der Waals surface area contributed by atoms with Crippen molar-refractivity contribution in [3.05, 3.63) is 65.7 Å². The first kappa shape index (κ1) is 20.6. The number of nitrogens with one attached hydrogen (secondary N) is 3. The quantitative estimate of drug-likeness (QED) is 0.640. The average molecular weight is 420 g/mol. The van der Waals surface area contributed by atoms with Crippen molar-refractivity contribution >= 4 is 29.3 Å². The number of Topliss-reactive ketones (excluding diaryl/α,β-unsaturated/α-hetero) is 1. The molecule has 31 heavy (non-hydrogen) atoms. The first-order chi connectivity index (χ1) is 14.9. The molecule has 2 fully saturated rings. The first-order valence-corrected chi connectivity index (χ1v) is 10.3. The highest BCUT2D eigenvalue weighted by molar-refractivity contribution is 5.99. The number of fused-ring (bicyclic) bond motifs is 1. The number of rotatable bonds is 5. The van der Waals surface area contributed by atoms with Crippen LogP contribution >= 0.6 is 0 Å². The lowest BCUT2D eigenvalue weighted by molar-refractivity contribution is -0.147. The standard InChI is InChI=1S/C23H24N4O4/c1-14(28)16-7-9-17(10-8-16)24-23(31)26-18-11-12-27-20(18)21(29)25-19(22(27)30)13-15-5-3-2-4-6-15/h2-10,18-20H,11-13H2,1H3,(H,25,29)(H2,24,26,31). The summed E-state index contributed by atoms with van der Waals surface area (Å²) < 4.78 is 0. The van der Waals surface area contributed by atoms with Gasteiger partial charge in [-0.3, -0.25) is 14.4 Å². The zero-order chi connectivity index (χ0) is 22.0. The predicted octanol–water partition coefficient (Wildman–Crippen LogP) is 1.72. The fraction of sp³-hybridized carbons (Fsp3) is 0.304. The fourth-order valence-corrected chi connectivity index (χ4v) is 4.15. The summed E-state index contributed by atoms with van der Waals surface area (Å²) in [6.07, 6.45) is 0.933. The first-order valence-electron chi connectivity index (χ1n) is 10.3. The third kappa shape index (κ3) is 4.42. The lowest BCUT2D eigenvalue weighted by Gasteiger charge is -2.36. The van der Waals surface area contributed by atoms with E-state index >= 15 is 0 Å². The number of anilines is 1. The molecule has 0 saturated carbocycles. The molecule has 2 saturated heterocycles. The van der Waals surface area contributed by atoms with Gasteiger partial charge in [-0.05, 0) is 43.2 Å². The number of ketones is 1. The van der Waals surface area contributed by atoms with Crippen LogP contribution in [0, 0.1) is 0 Å². The molecule has 0 radical (unpaired) electrons. The van der Waals surface area contributed by atoms with E-state index in [1.54, 1.807) is 29.2 Å². The molecule has 0 spiro atoms. The highest BCUT2D eigenvalue weighted by Gasteiger charge is 2.48.